The maximum Gasteiger partial charge on any atom is 0.154 e. The van der Waals surface area contributed by atoms with Crippen LogP contribution in [0.4, 0.5) is 0 Å². The van der Waals surface area contributed by atoms with Crippen molar-refractivity contribution in [3.05, 3.63) is 62.7 Å². The Kier molecular flexibility index (Phi) is 4.64. The minimum atomic E-state index is -0.119. The van der Waals surface area contributed by atoms with E-state index in [1.807, 2.05) is 52.8 Å². The largest absolute Gasteiger partial charge is 0.507 e. The lowest BCUT2D eigenvalue weighted by Gasteiger charge is -2.19. The van der Waals surface area contributed by atoms with Crippen LogP contribution in [0.5, 0.6) is 5.75 Å². The van der Waals surface area contributed by atoms with Gasteiger partial charge in [0.2, 0.25) is 0 Å². The fourth-order valence-corrected chi connectivity index (χ4v) is 3.86. The number of aromatic hydroxyl groups is 1. The Labute approximate surface area is 159 Å². The number of fused-ring (bicyclic) bond motifs is 1. The highest BCUT2D eigenvalue weighted by atomic mass is 16.3. The van der Waals surface area contributed by atoms with Crippen LogP contribution in [0.1, 0.15) is 54.1 Å². The number of aldehydes is 2. The number of carbonyl (C=O) groups excluding carboxylic acids is 2. The molecule has 1 N–H and O–H groups in total. The Hall–Kier alpha value is -2.94. The molecule has 0 aliphatic rings. The van der Waals surface area contributed by atoms with E-state index < -0.39 is 0 Å². The summed E-state index contributed by atoms with van der Waals surface area (Å²) < 4.78 is 0. The molecule has 3 nitrogen and oxygen atoms in total. The average Bonchev–Trinajstić information content (AvgIpc) is 2.63. The Bertz CT molecular complexity index is 1100. The minimum absolute atomic E-state index is 0.0507. The molecule has 0 fully saturated rings. The van der Waals surface area contributed by atoms with Crippen LogP contribution < -0.4 is 0 Å². The van der Waals surface area contributed by atoms with Gasteiger partial charge in [0, 0.05) is 16.5 Å². The second kappa shape index (κ2) is 6.66. The first-order valence-corrected chi connectivity index (χ1v) is 9.00. The first-order chi connectivity index (χ1) is 12.7. The predicted molar refractivity (Wildman–Crippen MR) is 110 cm³/mol. The Morgan fingerprint density at radius 3 is 1.74 bits per heavy atom. The van der Waals surface area contributed by atoms with Gasteiger partial charge < -0.3 is 5.11 Å². The van der Waals surface area contributed by atoms with Crippen LogP contribution in [0.15, 0.2) is 18.2 Å². The highest BCUT2D eigenvalue weighted by molar-refractivity contribution is 6.14. The Morgan fingerprint density at radius 1 is 0.704 bits per heavy atom. The summed E-state index contributed by atoms with van der Waals surface area (Å²) in [5.74, 6) is -0.119. The second-order valence-corrected chi connectivity index (χ2v) is 7.39. The molecule has 3 heteroatoms. The predicted octanol–water partition coefficient (Wildman–Crippen LogP) is 5.69. The smallest absolute Gasteiger partial charge is 0.154 e. The monoisotopic (exact) mass is 360 g/mol. The third-order valence-corrected chi connectivity index (χ3v) is 5.93. The zero-order chi connectivity index (χ0) is 20.0. The number of rotatable bonds is 3. The summed E-state index contributed by atoms with van der Waals surface area (Å²) in [7, 11) is 0. The number of hydrogen-bond acceptors (Lipinski definition) is 3. The van der Waals surface area contributed by atoms with Crippen LogP contribution in [-0.2, 0) is 0 Å². The molecule has 0 radical (unpaired) electrons. The lowest BCUT2D eigenvalue weighted by atomic mass is 9.84. The molecule has 0 atom stereocenters. The molecule has 3 aromatic carbocycles. The van der Waals surface area contributed by atoms with E-state index in [4.69, 9.17) is 0 Å². The lowest BCUT2D eigenvalue weighted by molar-refractivity contribution is 0.109. The van der Waals surface area contributed by atoms with Gasteiger partial charge >= 0.3 is 0 Å². The van der Waals surface area contributed by atoms with Gasteiger partial charge in [0.1, 0.15) is 5.75 Å². The van der Waals surface area contributed by atoms with Crippen LogP contribution in [0.25, 0.3) is 21.9 Å². The van der Waals surface area contributed by atoms with Crippen molar-refractivity contribution in [2.75, 3.05) is 0 Å². The lowest BCUT2D eigenvalue weighted by Crippen LogP contribution is -2.02. The van der Waals surface area contributed by atoms with E-state index in [-0.39, 0.29) is 16.9 Å². The molecule has 0 saturated heterocycles. The highest BCUT2D eigenvalue weighted by Gasteiger charge is 2.22. The molecule has 0 amide bonds. The Morgan fingerprint density at radius 2 is 1.22 bits per heavy atom. The average molecular weight is 360 g/mol. The van der Waals surface area contributed by atoms with Crippen molar-refractivity contribution in [3.8, 4) is 16.9 Å². The van der Waals surface area contributed by atoms with Crippen LogP contribution in [0, 0.1) is 41.5 Å². The van der Waals surface area contributed by atoms with Crippen LogP contribution in [0.2, 0.25) is 0 Å². The first kappa shape index (κ1) is 18.8. The van der Waals surface area contributed by atoms with Crippen molar-refractivity contribution < 1.29 is 14.7 Å². The van der Waals surface area contributed by atoms with Crippen molar-refractivity contribution in [1.29, 1.82) is 0 Å². The van der Waals surface area contributed by atoms with Crippen molar-refractivity contribution >= 4 is 23.3 Å². The van der Waals surface area contributed by atoms with E-state index in [0.29, 0.717) is 23.5 Å². The normalized spacial score (nSPS) is 11.0. The molecule has 3 aromatic rings. The molecular weight excluding hydrogens is 336 g/mol. The minimum Gasteiger partial charge on any atom is -0.507 e. The fourth-order valence-electron chi connectivity index (χ4n) is 3.86. The third-order valence-electron chi connectivity index (χ3n) is 5.93. The van der Waals surface area contributed by atoms with Gasteiger partial charge in [-0.2, -0.15) is 0 Å². The number of hydrogen-bond donors (Lipinski definition) is 1. The summed E-state index contributed by atoms with van der Waals surface area (Å²) in [4.78, 5) is 23.7. The van der Waals surface area contributed by atoms with Crippen molar-refractivity contribution in [2.24, 2.45) is 0 Å². The van der Waals surface area contributed by atoms with E-state index in [9.17, 15) is 14.7 Å². The van der Waals surface area contributed by atoms with Crippen molar-refractivity contribution in [3.63, 3.8) is 0 Å². The second-order valence-electron chi connectivity index (χ2n) is 7.39. The molecule has 0 saturated carbocycles. The van der Waals surface area contributed by atoms with Crippen LogP contribution >= 0.6 is 0 Å². The molecule has 0 aliphatic heterocycles. The van der Waals surface area contributed by atoms with Gasteiger partial charge in [-0.05, 0) is 85.9 Å². The maximum absolute atomic E-state index is 12.0. The number of phenols is 1. The quantitative estimate of drug-likeness (QED) is 0.611. The topological polar surface area (TPSA) is 54.4 Å². The van der Waals surface area contributed by atoms with Crippen LogP contribution in [-0.4, -0.2) is 17.7 Å². The summed E-state index contributed by atoms with van der Waals surface area (Å²) in [5.41, 5.74) is 8.39. The molecule has 0 spiro atoms. The first-order valence-electron chi connectivity index (χ1n) is 9.00. The van der Waals surface area contributed by atoms with Gasteiger partial charge in [-0.15, -0.1) is 0 Å². The zero-order valence-corrected chi connectivity index (χ0v) is 16.7. The van der Waals surface area contributed by atoms with Crippen molar-refractivity contribution in [1.82, 2.24) is 0 Å². The van der Waals surface area contributed by atoms with Gasteiger partial charge in [0.25, 0.3) is 0 Å². The van der Waals surface area contributed by atoms with Gasteiger partial charge in [-0.1, -0.05) is 18.2 Å². The van der Waals surface area contributed by atoms with E-state index in [0.717, 1.165) is 38.8 Å². The molecule has 3 rings (SSSR count). The molecule has 0 aliphatic carbocycles. The highest BCUT2D eigenvalue weighted by Crippen LogP contribution is 2.43. The summed E-state index contributed by atoms with van der Waals surface area (Å²) in [6.45, 7) is 12.1. The van der Waals surface area contributed by atoms with Gasteiger partial charge in [-0.25, -0.2) is 0 Å². The third kappa shape index (κ3) is 2.74. The molecular formula is C24H24O3. The number of benzene rings is 3. The van der Waals surface area contributed by atoms with Gasteiger partial charge in [-0.3, -0.25) is 9.59 Å². The summed E-state index contributed by atoms with van der Waals surface area (Å²) >= 11 is 0. The molecule has 0 heterocycles. The summed E-state index contributed by atoms with van der Waals surface area (Å²) in [5, 5.41) is 12.2. The van der Waals surface area contributed by atoms with E-state index in [1.165, 1.54) is 5.56 Å². The molecule has 27 heavy (non-hydrogen) atoms. The van der Waals surface area contributed by atoms with Crippen LogP contribution in [0.3, 0.4) is 0 Å². The molecule has 0 aromatic heterocycles. The summed E-state index contributed by atoms with van der Waals surface area (Å²) in [6, 6.07) is 6.08. The van der Waals surface area contributed by atoms with E-state index in [1.54, 1.807) is 0 Å². The molecule has 0 unspecified atom stereocenters. The van der Waals surface area contributed by atoms with E-state index >= 15 is 0 Å². The van der Waals surface area contributed by atoms with Gasteiger partial charge in [0.15, 0.2) is 12.6 Å². The number of aryl methyl sites for hydroxylation is 4. The molecule has 0 bridgehead atoms. The maximum atomic E-state index is 12.0. The number of phenolic OH excluding ortho intramolecular Hbond substituents is 1. The number of carbonyl (C=O) groups is 2. The fraction of sp³-hybridized carbons (Fsp3) is 0.250. The van der Waals surface area contributed by atoms with Gasteiger partial charge in [0.05, 0.1) is 5.56 Å². The molecule has 138 valence electrons. The van der Waals surface area contributed by atoms with E-state index in [2.05, 4.69) is 6.92 Å². The zero-order valence-electron chi connectivity index (χ0n) is 16.7. The summed E-state index contributed by atoms with van der Waals surface area (Å²) in [6.07, 6.45) is 1.25. The standard InChI is InChI=1S/C24H24O3/c1-12-7-18(8-13(2)15(12)4)23-19-9-14(3)16(5)17(6)22(19)24(27)21(11-26)20(23)10-25/h7-11,27H,1-6H3. The SMILES string of the molecule is Cc1cc(-c2c(C=O)c(C=O)c(O)c3c(C)c(C)c(C)cc23)cc(C)c1C. The van der Waals surface area contributed by atoms with Crippen molar-refractivity contribution in [2.45, 2.75) is 41.5 Å². The Balaban J connectivity index is 2.64.